The Bertz CT molecular complexity index is 1650. The lowest BCUT2D eigenvalue weighted by Gasteiger charge is -2.26. The molecule has 0 saturated carbocycles. The third-order valence-electron chi connectivity index (χ3n) is 6.76. The molecule has 3 heterocycles. The van der Waals surface area contributed by atoms with Gasteiger partial charge in [0.1, 0.15) is 11.4 Å². The van der Waals surface area contributed by atoms with Crippen molar-refractivity contribution >= 4 is 16.9 Å². The molecule has 0 spiro atoms. The number of hydrogen-bond donors (Lipinski definition) is 0. The van der Waals surface area contributed by atoms with E-state index in [1.165, 1.54) is 12.1 Å². The Kier molecular flexibility index (Phi) is 6.34. The van der Waals surface area contributed by atoms with Crippen molar-refractivity contribution in [1.29, 1.82) is 0 Å². The van der Waals surface area contributed by atoms with Gasteiger partial charge in [0, 0.05) is 6.54 Å². The summed E-state index contributed by atoms with van der Waals surface area (Å²) < 4.78 is 42.7. The van der Waals surface area contributed by atoms with Crippen molar-refractivity contribution in [2.45, 2.75) is 32.9 Å². The molecule has 6 rings (SSSR count). The first-order valence-electron chi connectivity index (χ1n) is 12.8. The quantitative estimate of drug-likeness (QED) is 0.293. The Morgan fingerprint density at radius 1 is 0.949 bits per heavy atom. The zero-order valence-corrected chi connectivity index (χ0v) is 21.5. The van der Waals surface area contributed by atoms with Gasteiger partial charge < -0.3 is 28.3 Å². The normalized spacial score (nSPS) is 15.6. The Hall–Kier alpha value is -4.53. The van der Waals surface area contributed by atoms with E-state index >= 15 is 0 Å². The van der Waals surface area contributed by atoms with Crippen LogP contribution in [-0.4, -0.2) is 30.8 Å². The molecule has 0 unspecified atom stereocenters. The van der Waals surface area contributed by atoms with Gasteiger partial charge in [0.2, 0.25) is 12.6 Å². The number of rotatable bonds is 8. The van der Waals surface area contributed by atoms with Gasteiger partial charge in [-0.25, -0.2) is 4.39 Å². The second-order valence-corrected chi connectivity index (χ2v) is 9.33. The first-order chi connectivity index (χ1) is 19.0. The minimum absolute atomic E-state index is 0.0610. The van der Waals surface area contributed by atoms with Gasteiger partial charge in [-0.05, 0) is 66.9 Å². The van der Waals surface area contributed by atoms with Crippen molar-refractivity contribution in [2.24, 2.45) is 0 Å². The van der Waals surface area contributed by atoms with Crippen LogP contribution in [0.1, 0.15) is 53.6 Å². The average molecular weight is 532 g/mol. The van der Waals surface area contributed by atoms with Crippen molar-refractivity contribution in [3.63, 3.8) is 0 Å². The molecule has 200 valence electrons. The fraction of sp³-hybridized carbons (Fsp3) is 0.267. The molecule has 0 radical (unpaired) electrons. The van der Waals surface area contributed by atoms with Crippen molar-refractivity contribution in [3.05, 3.63) is 93.1 Å². The van der Waals surface area contributed by atoms with E-state index in [0.29, 0.717) is 41.8 Å². The second kappa shape index (κ2) is 9.98. The number of ether oxygens (including phenoxy) is 4. The lowest BCUT2D eigenvalue weighted by atomic mass is 9.97. The summed E-state index contributed by atoms with van der Waals surface area (Å²) in [6.07, 6.45) is 0.825. The summed E-state index contributed by atoms with van der Waals surface area (Å²) in [5.74, 6) is 1.21. The van der Waals surface area contributed by atoms with Gasteiger partial charge >= 0.3 is 0 Å². The van der Waals surface area contributed by atoms with Gasteiger partial charge in [0.25, 0.3) is 5.91 Å². The lowest BCUT2D eigenvalue weighted by molar-refractivity contribution is 0.0714. The van der Waals surface area contributed by atoms with Crippen LogP contribution >= 0.6 is 0 Å². The number of hydrogen-bond acceptors (Lipinski definition) is 7. The van der Waals surface area contributed by atoms with Gasteiger partial charge in [-0.1, -0.05) is 19.1 Å². The molecule has 0 fully saturated rings. The summed E-state index contributed by atoms with van der Waals surface area (Å²) in [6, 6.07) is 13.7. The molecule has 0 bridgehead atoms. The van der Waals surface area contributed by atoms with Crippen LogP contribution in [0.5, 0.6) is 23.0 Å². The molecular formula is C30H26FNO7. The zero-order valence-electron chi connectivity index (χ0n) is 21.5. The summed E-state index contributed by atoms with van der Waals surface area (Å²) in [5.41, 5.74) is 1.26. The molecule has 0 N–H and O–H groups in total. The molecule has 2 aliphatic rings. The molecule has 0 saturated heterocycles. The Morgan fingerprint density at radius 3 is 2.62 bits per heavy atom. The Morgan fingerprint density at radius 2 is 1.79 bits per heavy atom. The molecule has 39 heavy (non-hydrogen) atoms. The molecular weight excluding hydrogens is 505 g/mol. The van der Waals surface area contributed by atoms with Crippen molar-refractivity contribution < 1.29 is 32.5 Å². The van der Waals surface area contributed by atoms with Gasteiger partial charge in [0.05, 0.1) is 30.2 Å². The smallest absolute Gasteiger partial charge is 0.291 e. The largest absolute Gasteiger partial charge is 0.490 e. The van der Waals surface area contributed by atoms with Gasteiger partial charge in [-0.2, -0.15) is 0 Å². The van der Waals surface area contributed by atoms with E-state index in [0.717, 1.165) is 18.1 Å². The van der Waals surface area contributed by atoms with Gasteiger partial charge in [-0.15, -0.1) is 0 Å². The van der Waals surface area contributed by atoms with Crippen LogP contribution in [0.4, 0.5) is 4.39 Å². The van der Waals surface area contributed by atoms with Crippen LogP contribution in [0.15, 0.2) is 63.8 Å². The lowest BCUT2D eigenvalue weighted by Crippen LogP contribution is -2.29. The van der Waals surface area contributed by atoms with E-state index in [1.807, 2.05) is 32.0 Å². The highest BCUT2D eigenvalue weighted by atomic mass is 19.1. The highest BCUT2D eigenvalue weighted by Gasteiger charge is 2.43. The van der Waals surface area contributed by atoms with Crippen molar-refractivity contribution in [2.75, 3.05) is 20.0 Å². The van der Waals surface area contributed by atoms with Crippen molar-refractivity contribution in [3.8, 4) is 23.0 Å². The maximum Gasteiger partial charge on any atom is 0.291 e. The summed E-state index contributed by atoms with van der Waals surface area (Å²) in [6.45, 7) is 5.08. The SMILES string of the molecule is CCCOc1ccc([C@@H]2c3c(oc4ccc(F)cc4c3=O)C(=O)N2Cc2ccc3c(c2)OCO3)cc1OCC. The number of benzene rings is 3. The molecule has 9 heteroatoms. The maximum atomic E-state index is 14.1. The van der Waals surface area contributed by atoms with E-state index in [1.54, 1.807) is 23.1 Å². The molecule has 2 aliphatic heterocycles. The van der Waals surface area contributed by atoms with E-state index in [-0.39, 0.29) is 35.6 Å². The topological polar surface area (TPSA) is 87.4 Å². The van der Waals surface area contributed by atoms with E-state index in [4.69, 9.17) is 23.4 Å². The first-order valence-corrected chi connectivity index (χ1v) is 12.8. The number of amides is 1. The number of carbonyl (C=O) groups is 1. The van der Waals surface area contributed by atoms with Crippen molar-refractivity contribution in [1.82, 2.24) is 4.90 Å². The van der Waals surface area contributed by atoms with Crippen LogP contribution < -0.4 is 24.4 Å². The zero-order chi connectivity index (χ0) is 27.1. The van der Waals surface area contributed by atoms with Crippen LogP contribution in [0.3, 0.4) is 0 Å². The van der Waals surface area contributed by atoms with Gasteiger partial charge in [-0.3, -0.25) is 9.59 Å². The van der Waals surface area contributed by atoms with Crippen LogP contribution in [0, 0.1) is 5.82 Å². The van der Waals surface area contributed by atoms with Crippen LogP contribution in [0.2, 0.25) is 0 Å². The first kappa shape index (κ1) is 24.8. The summed E-state index contributed by atoms with van der Waals surface area (Å²) in [5, 5.41) is 0.0735. The minimum Gasteiger partial charge on any atom is -0.490 e. The number of carbonyl (C=O) groups excluding carboxylic acids is 1. The molecule has 1 amide bonds. The third-order valence-corrected chi connectivity index (χ3v) is 6.76. The number of nitrogens with zero attached hydrogens (tertiary/aromatic N) is 1. The predicted octanol–water partition coefficient (Wildman–Crippen LogP) is 5.59. The number of fused-ring (bicyclic) bond motifs is 3. The highest BCUT2D eigenvalue weighted by molar-refractivity contribution is 5.99. The standard InChI is InChI=1S/C30H26FNO7/c1-3-11-36-22-9-6-18(13-25(22)35-4-2)27-26-28(33)20-14-19(31)7-10-21(20)39-29(26)30(34)32(27)15-17-5-8-23-24(12-17)38-16-37-23/h5-10,12-14,27H,3-4,11,15-16H2,1-2H3/t27-/m1/s1. The molecule has 0 aliphatic carbocycles. The molecule has 8 nitrogen and oxygen atoms in total. The minimum atomic E-state index is -0.804. The van der Waals surface area contributed by atoms with E-state index < -0.39 is 23.2 Å². The summed E-state index contributed by atoms with van der Waals surface area (Å²) in [4.78, 5) is 29.2. The average Bonchev–Trinajstić information content (AvgIpc) is 3.51. The molecule has 4 aromatic rings. The summed E-state index contributed by atoms with van der Waals surface area (Å²) >= 11 is 0. The fourth-order valence-electron chi connectivity index (χ4n) is 5.03. The number of halogens is 1. The molecule has 1 aromatic heterocycles. The van der Waals surface area contributed by atoms with E-state index in [2.05, 4.69) is 0 Å². The van der Waals surface area contributed by atoms with Gasteiger partial charge in [0.15, 0.2) is 28.4 Å². The second-order valence-electron chi connectivity index (χ2n) is 9.33. The Labute approximate surface area is 223 Å². The molecule has 3 aromatic carbocycles. The predicted molar refractivity (Wildman–Crippen MR) is 140 cm³/mol. The van der Waals surface area contributed by atoms with E-state index in [9.17, 15) is 14.0 Å². The maximum absolute atomic E-state index is 14.1. The Balaban J connectivity index is 1.50. The monoisotopic (exact) mass is 531 g/mol. The van der Waals surface area contributed by atoms with Crippen LogP contribution in [0.25, 0.3) is 11.0 Å². The fourth-order valence-corrected chi connectivity index (χ4v) is 5.03. The third kappa shape index (κ3) is 4.33. The van der Waals surface area contributed by atoms with Crippen LogP contribution in [-0.2, 0) is 6.54 Å². The molecule has 1 atom stereocenters. The summed E-state index contributed by atoms with van der Waals surface area (Å²) in [7, 11) is 0. The highest BCUT2D eigenvalue weighted by Crippen LogP contribution is 2.42.